The molecule has 110 valence electrons. The smallest absolute Gasteiger partial charge is 0.253 e. The first-order chi connectivity index (χ1) is 9.47. The number of amides is 1. The summed E-state index contributed by atoms with van der Waals surface area (Å²) in [5.41, 5.74) is 0.575. The molecule has 2 N–H and O–H groups in total. The maximum absolute atomic E-state index is 12.2. The lowest BCUT2D eigenvalue weighted by atomic mass is 10.3. The summed E-state index contributed by atoms with van der Waals surface area (Å²) in [5, 5.41) is 4.31. The van der Waals surface area contributed by atoms with Crippen molar-refractivity contribution < 1.29 is 13.2 Å². The molecule has 0 atom stereocenters. The Bertz CT molecular complexity index is 566. The number of hydrogen-bond donors (Lipinski definition) is 2. The van der Waals surface area contributed by atoms with Gasteiger partial charge in [-0.2, -0.15) is 11.8 Å². The van der Waals surface area contributed by atoms with E-state index in [4.69, 9.17) is 0 Å². The van der Waals surface area contributed by atoms with Crippen LogP contribution in [0.5, 0.6) is 0 Å². The number of hydrogen-bond acceptors (Lipinski definition) is 5. The summed E-state index contributed by atoms with van der Waals surface area (Å²) in [7, 11) is -3.55. The summed E-state index contributed by atoms with van der Waals surface area (Å²) in [6.45, 7) is 2.81. The SMILES string of the molecule is CC(=O)Nc1ccc(S(=O)(=O)NN2CCSCC2)cc1. The van der Waals surface area contributed by atoms with E-state index in [0.29, 0.717) is 18.8 Å². The largest absolute Gasteiger partial charge is 0.326 e. The van der Waals surface area contributed by atoms with Crippen LogP contribution in [-0.2, 0) is 14.8 Å². The molecular formula is C12H17N3O3S2. The van der Waals surface area contributed by atoms with Crippen molar-refractivity contribution in [3.05, 3.63) is 24.3 Å². The fourth-order valence-corrected chi connectivity index (χ4v) is 3.82. The molecule has 1 aromatic rings. The molecule has 8 heteroatoms. The molecule has 1 aliphatic heterocycles. The number of benzene rings is 1. The third-order valence-electron chi connectivity index (χ3n) is 2.75. The fourth-order valence-electron chi connectivity index (χ4n) is 1.80. The molecule has 0 spiro atoms. The number of hydrazine groups is 1. The lowest BCUT2D eigenvalue weighted by Gasteiger charge is -2.26. The van der Waals surface area contributed by atoms with Gasteiger partial charge in [-0.05, 0) is 24.3 Å². The first-order valence-corrected chi connectivity index (χ1v) is 8.84. The molecule has 1 saturated heterocycles. The second kappa shape index (κ2) is 6.57. The molecule has 0 aromatic heterocycles. The highest BCUT2D eigenvalue weighted by Gasteiger charge is 2.19. The van der Waals surface area contributed by atoms with Crippen molar-refractivity contribution in [1.29, 1.82) is 0 Å². The van der Waals surface area contributed by atoms with Crippen LogP contribution < -0.4 is 10.1 Å². The lowest BCUT2D eigenvalue weighted by molar-refractivity contribution is -0.114. The van der Waals surface area contributed by atoms with E-state index < -0.39 is 10.0 Å². The Hall–Kier alpha value is -1.09. The zero-order valence-corrected chi connectivity index (χ0v) is 12.8. The van der Waals surface area contributed by atoms with Crippen molar-refractivity contribution in [3.8, 4) is 0 Å². The summed E-state index contributed by atoms with van der Waals surface area (Å²) in [6.07, 6.45) is 0. The average molecular weight is 315 g/mol. The van der Waals surface area contributed by atoms with Gasteiger partial charge in [0, 0.05) is 37.2 Å². The second-order valence-electron chi connectivity index (χ2n) is 4.40. The van der Waals surface area contributed by atoms with E-state index in [1.165, 1.54) is 19.1 Å². The number of nitrogens with zero attached hydrogens (tertiary/aromatic N) is 1. The Morgan fingerprint density at radius 3 is 2.35 bits per heavy atom. The van der Waals surface area contributed by atoms with Gasteiger partial charge in [0.25, 0.3) is 10.0 Å². The van der Waals surface area contributed by atoms with Crippen LogP contribution in [0.3, 0.4) is 0 Å². The van der Waals surface area contributed by atoms with Crippen LogP contribution in [0.2, 0.25) is 0 Å². The quantitative estimate of drug-likeness (QED) is 0.862. The second-order valence-corrected chi connectivity index (χ2v) is 7.29. The number of anilines is 1. The monoisotopic (exact) mass is 315 g/mol. The van der Waals surface area contributed by atoms with Crippen LogP contribution in [0.4, 0.5) is 5.69 Å². The molecule has 1 aliphatic rings. The highest BCUT2D eigenvalue weighted by atomic mass is 32.2. The predicted molar refractivity (Wildman–Crippen MR) is 80.0 cm³/mol. The van der Waals surface area contributed by atoms with Crippen LogP contribution in [0.1, 0.15) is 6.92 Å². The van der Waals surface area contributed by atoms with Crippen LogP contribution in [0.25, 0.3) is 0 Å². The van der Waals surface area contributed by atoms with Gasteiger partial charge >= 0.3 is 0 Å². The highest BCUT2D eigenvalue weighted by Crippen LogP contribution is 2.15. The molecule has 20 heavy (non-hydrogen) atoms. The molecule has 0 radical (unpaired) electrons. The number of rotatable bonds is 4. The minimum absolute atomic E-state index is 0.185. The standard InChI is InChI=1S/C12H17N3O3S2/c1-10(16)13-11-2-4-12(5-3-11)20(17,18)14-15-6-8-19-9-7-15/h2-5,14H,6-9H2,1H3,(H,13,16). The molecule has 1 heterocycles. The van der Waals surface area contributed by atoms with E-state index in [2.05, 4.69) is 10.1 Å². The van der Waals surface area contributed by atoms with Crippen molar-refractivity contribution in [2.24, 2.45) is 0 Å². The molecule has 0 bridgehead atoms. The van der Waals surface area contributed by atoms with Crippen LogP contribution in [0.15, 0.2) is 29.2 Å². The summed E-state index contributed by atoms with van der Waals surface area (Å²) in [5.74, 6) is 1.65. The highest BCUT2D eigenvalue weighted by molar-refractivity contribution is 7.99. The van der Waals surface area contributed by atoms with E-state index in [1.54, 1.807) is 17.1 Å². The Labute approximate surface area is 122 Å². The zero-order valence-electron chi connectivity index (χ0n) is 11.1. The van der Waals surface area contributed by atoms with Gasteiger partial charge in [0.1, 0.15) is 0 Å². The number of carbonyl (C=O) groups is 1. The van der Waals surface area contributed by atoms with Crippen molar-refractivity contribution in [1.82, 2.24) is 9.84 Å². The molecule has 2 rings (SSSR count). The number of nitrogens with one attached hydrogen (secondary N) is 2. The van der Waals surface area contributed by atoms with Gasteiger partial charge in [0.2, 0.25) is 5.91 Å². The molecule has 0 unspecified atom stereocenters. The van der Waals surface area contributed by atoms with Gasteiger partial charge < -0.3 is 5.32 Å². The van der Waals surface area contributed by atoms with E-state index in [9.17, 15) is 13.2 Å². The predicted octanol–water partition coefficient (Wildman–Crippen LogP) is 0.887. The van der Waals surface area contributed by atoms with E-state index in [1.807, 2.05) is 11.8 Å². The van der Waals surface area contributed by atoms with Gasteiger partial charge in [0.05, 0.1) is 4.90 Å². The third-order valence-corrected chi connectivity index (χ3v) is 5.08. The molecule has 1 amide bonds. The van der Waals surface area contributed by atoms with Crippen LogP contribution in [0, 0.1) is 0 Å². The van der Waals surface area contributed by atoms with E-state index in [0.717, 1.165) is 11.5 Å². The van der Waals surface area contributed by atoms with Crippen molar-refractivity contribution in [2.75, 3.05) is 29.9 Å². The maximum Gasteiger partial charge on any atom is 0.253 e. The molecule has 6 nitrogen and oxygen atoms in total. The summed E-state index contributed by atoms with van der Waals surface area (Å²) < 4.78 is 24.4. The first kappa shape index (κ1) is 15.3. The van der Waals surface area contributed by atoms with Gasteiger partial charge in [-0.3, -0.25) is 4.79 Å². The molecule has 0 saturated carbocycles. The number of carbonyl (C=O) groups excluding carboxylic acids is 1. The van der Waals surface area contributed by atoms with Crippen LogP contribution >= 0.6 is 11.8 Å². The molecular weight excluding hydrogens is 298 g/mol. The first-order valence-electron chi connectivity index (χ1n) is 6.20. The molecule has 1 aromatic carbocycles. The van der Waals surface area contributed by atoms with Crippen molar-refractivity contribution in [2.45, 2.75) is 11.8 Å². The third kappa shape index (κ3) is 4.20. The van der Waals surface area contributed by atoms with Crippen LogP contribution in [-0.4, -0.2) is 43.9 Å². The maximum atomic E-state index is 12.2. The lowest BCUT2D eigenvalue weighted by Crippen LogP contribution is -2.46. The Morgan fingerprint density at radius 1 is 1.20 bits per heavy atom. The minimum atomic E-state index is -3.55. The fraction of sp³-hybridized carbons (Fsp3) is 0.417. The minimum Gasteiger partial charge on any atom is -0.326 e. The average Bonchev–Trinajstić information content (AvgIpc) is 2.39. The van der Waals surface area contributed by atoms with Gasteiger partial charge in [0.15, 0.2) is 0 Å². The molecule has 1 fully saturated rings. The Morgan fingerprint density at radius 2 is 1.80 bits per heavy atom. The normalized spacial score (nSPS) is 16.9. The topological polar surface area (TPSA) is 78.5 Å². The van der Waals surface area contributed by atoms with Gasteiger partial charge in [-0.1, -0.05) is 0 Å². The van der Waals surface area contributed by atoms with Gasteiger partial charge in [-0.15, -0.1) is 4.83 Å². The zero-order chi connectivity index (χ0) is 14.6. The number of sulfonamides is 1. The van der Waals surface area contributed by atoms with Crippen molar-refractivity contribution >= 4 is 33.4 Å². The molecule has 0 aliphatic carbocycles. The summed E-state index contributed by atoms with van der Waals surface area (Å²) in [4.78, 5) is 13.7. The van der Waals surface area contributed by atoms with E-state index >= 15 is 0 Å². The summed E-state index contributed by atoms with van der Waals surface area (Å²) in [6, 6.07) is 6.10. The Kier molecular flexibility index (Phi) is 5.03. The van der Waals surface area contributed by atoms with Crippen molar-refractivity contribution in [3.63, 3.8) is 0 Å². The van der Waals surface area contributed by atoms with Gasteiger partial charge in [-0.25, -0.2) is 13.4 Å². The summed E-state index contributed by atoms with van der Waals surface area (Å²) >= 11 is 1.81. The Balaban J connectivity index is 2.06. The van der Waals surface area contributed by atoms with E-state index in [-0.39, 0.29) is 10.8 Å². The number of thioether (sulfide) groups is 1.